The zero-order valence-electron chi connectivity index (χ0n) is 5.36. The van der Waals surface area contributed by atoms with E-state index in [0.29, 0.717) is 0 Å². The topological polar surface area (TPSA) is 72.5 Å². The predicted octanol–water partition coefficient (Wildman–Crippen LogP) is 0.126. The number of hydrogen-bond donors (Lipinski definition) is 0. The minimum Gasteiger partial charge on any atom is -0.226 e. The molecule has 0 N–H and O–H groups in total. The highest BCUT2D eigenvalue weighted by Crippen LogP contribution is 1.87. The highest BCUT2D eigenvalue weighted by molar-refractivity contribution is 5.57. The largest absolute Gasteiger partial charge is 0.577 e. The van der Waals surface area contributed by atoms with Crippen LogP contribution in [0.3, 0.4) is 0 Å². The molecule has 0 radical (unpaired) electrons. The van der Waals surface area contributed by atoms with Crippen LogP contribution in [0, 0.1) is 0 Å². The first kappa shape index (κ1) is 9.11. The second kappa shape index (κ2) is 6.23. The van der Waals surface area contributed by atoms with Crippen molar-refractivity contribution in [1.82, 2.24) is 0 Å². The number of carbonyl (C=O) groups is 1. The lowest BCUT2D eigenvalue weighted by Crippen LogP contribution is -2.07. The lowest BCUT2D eigenvalue weighted by atomic mass is 11.4. The van der Waals surface area contributed by atoms with Gasteiger partial charge in [-0.3, -0.25) is 0 Å². The van der Waals surface area contributed by atoms with Crippen molar-refractivity contribution in [2.24, 2.45) is 0 Å². The molecule has 60 valence electrons. The Morgan fingerprint density at radius 1 is 1.00 bits per heavy atom. The van der Waals surface area contributed by atoms with E-state index < -0.39 is 6.16 Å². The number of rotatable bonds is 4. The summed E-state index contributed by atoms with van der Waals surface area (Å²) >= 11 is 0. The summed E-state index contributed by atoms with van der Waals surface area (Å²) in [7, 11) is 2.29. The van der Waals surface area contributed by atoms with Crippen molar-refractivity contribution in [3.05, 3.63) is 0 Å². The molecule has 0 rings (SSSR count). The Morgan fingerprint density at radius 2 is 1.40 bits per heavy atom. The fraction of sp³-hybridized carbons (Fsp3) is 0.667. The van der Waals surface area contributed by atoms with E-state index in [-0.39, 0.29) is 0 Å². The molecule has 0 aliphatic carbocycles. The quantitative estimate of drug-likeness (QED) is 0.420. The monoisotopic (exact) mass is 154 g/mol. The van der Waals surface area contributed by atoms with E-state index in [0.717, 1.165) is 14.2 Å². The molecule has 0 atom stereocenters. The van der Waals surface area contributed by atoms with Crippen molar-refractivity contribution in [2.75, 3.05) is 14.2 Å². The number of hydrogen-bond acceptors (Lipinski definition) is 7. The van der Waals surface area contributed by atoms with E-state index in [1.165, 1.54) is 0 Å². The molecule has 0 saturated heterocycles. The van der Waals surface area contributed by atoms with E-state index in [1.807, 2.05) is 0 Å². The molecule has 0 aliphatic heterocycles. The summed E-state index contributed by atoms with van der Waals surface area (Å²) in [5, 5.41) is 7.36. The van der Waals surface area contributed by atoms with E-state index in [4.69, 9.17) is 0 Å². The molecule has 0 amide bonds. The Morgan fingerprint density at radius 3 is 1.70 bits per heavy atom. The molecule has 10 heavy (non-hydrogen) atoms. The minimum absolute atomic E-state index is 1.14. The van der Waals surface area contributed by atoms with Gasteiger partial charge in [0.05, 0.1) is 14.2 Å². The zero-order valence-corrected chi connectivity index (χ0v) is 5.36. The van der Waals surface area contributed by atoms with Gasteiger partial charge in [0, 0.05) is 0 Å². The van der Waals surface area contributed by atoms with Gasteiger partial charge in [0.1, 0.15) is 0 Å². The molecule has 0 aliphatic rings. The zero-order chi connectivity index (χ0) is 7.82. The molecule has 0 bridgehead atoms. The molecule has 0 aromatic rings. The van der Waals surface area contributed by atoms with Gasteiger partial charge in [-0.25, -0.2) is 9.78 Å². The van der Waals surface area contributed by atoms with Crippen molar-refractivity contribution in [2.45, 2.75) is 0 Å². The van der Waals surface area contributed by atoms with Crippen LogP contribution in [0.25, 0.3) is 0 Å². The Bertz CT molecular complexity index is 80.9. The first-order chi connectivity index (χ1) is 4.81. The maximum atomic E-state index is 10.1. The summed E-state index contributed by atoms with van der Waals surface area (Å²) in [5.41, 5.74) is 0. The van der Waals surface area contributed by atoms with Crippen LogP contribution in [0.2, 0.25) is 0 Å². The summed E-state index contributed by atoms with van der Waals surface area (Å²) in [6.45, 7) is 0. The van der Waals surface area contributed by atoms with Crippen LogP contribution in [-0.4, -0.2) is 20.4 Å². The Kier molecular flexibility index (Phi) is 5.68. The third-order valence-electron chi connectivity index (χ3n) is 0.340. The average molecular weight is 154 g/mol. The average Bonchev–Trinajstić information content (AvgIpc) is 1.97. The molecule has 0 heterocycles. The van der Waals surface area contributed by atoms with Gasteiger partial charge in [-0.05, 0) is 10.1 Å². The van der Waals surface area contributed by atoms with Crippen LogP contribution < -0.4 is 0 Å². The van der Waals surface area contributed by atoms with Gasteiger partial charge in [0.25, 0.3) is 0 Å². The molecule has 0 aromatic heterocycles. The summed E-state index contributed by atoms with van der Waals surface area (Å²) in [5.74, 6) is 0. The number of carbonyl (C=O) groups excluding carboxylic acids is 1. The van der Waals surface area contributed by atoms with Crippen LogP contribution in [-0.2, 0) is 29.6 Å². The molecule has 7 heteroatoms. The highest BCUT2D eigenvalue weighted by Gasteiger charge is 2.05. The Hall–Kier alpha value is -0.890. The van der Waals surface area contributed by atoms with Gasteiger partial charge < -0.3 is 0 Å². The third-order valence-corrected chi connectivity index (χ3v) is 0.340. The van der Waals surface area contributed by atoms with Gasteiger partial charge in [0.15, 0.2) is 0 Å². The molecular weight excluding hydrogens is 148 g/mol. The fourth-order valence-electron chi connectivity index (χ4n) is 0.137. The molecule has 7 nitrogen and oxygen atoms in total. The van der Waals surface area contributed by atoms with Crippen LogP contribution >= 0.6 is 0 Å². The smallest absolute Gasteiger partial charge is 0.226 e. The van der Waals surface area contributed by atoms with Gasteiger partial charge in [-0.2, -0.15) is 14.6 Å². The molecule has 0 saturated carbocycles. The minimum atomic E-state index is -1.25. The maximum Gasteiger partial charge on any atom is 0.577 e. The van der Waals surface area contributed by atoms with Gasteiger partial charge in [-0.1, -0.05) is 0 Å². The second-order valence-corrected chi connectivity index (χ2v) is 0.886. The van der Waals surface area contributed by atoms with E-state index in [1.54, 1.807) is 0 Å². The van der Waals surface area contributed by atoms with Crippen LogP contribution in [0.5, 0.6) is 0 Å². The fourth-order valence-corrected chi connectivity index (χ4v) is 0.137. The normalized spacial score (nSPS) is 9.00. The van der Waals surface area contributed by atoms with Crippen molar-refractivity contribution in [3.8, 4) is 0 Å². The van der Waals surface area contributed by atoms with E-state index in [2.05, 4.69) is 29.6 Å². The molecule has 0 fully saturated rings. The van der Waals surface area contributed by atoms with Crippen molar-refractivity contribution in [1.29, 1.82) is 0 Å². The summed E-state index contributed by atoms with van der Waals surface area (Å²) < 4.78 is 0. The third kappa shape index (κ3) is 5.25. The maximum absolute atomic E-state index is 10.1. The van der Waals surface area contributed by atoms with Gasteiger partial charge in [0.2, 0.25) is 0 Å². The summed E-state index contributed by atoms with van der Waals surface area (Å²) in [6.07, 6.45) is -1.25. The highest BCUT2D eigenvalue weighted by atomic mass is 17.6. The van der Waals surface area contributed by atoms with Crippen LogP contribution in [0.4, 0.5) is 4.79 Å². The van der Waals surface area contributed by atoms with Crippen molar-refractivity contribution in [3.63, 3.8) is 0 Å². The van der Waals surface area contributed by atoms with Crippen molar-refractivity contribution < 1.29 is 34.4 Å². The van der Waals surface area contributed by atoms with E-state index in [9.17, 15) is 4.79 Å². The summed E-state index contributed by atoms with van der Waals surface area (Å²) in [4.78, 5) is 25.3. The standard InChI is InChI=1S/C3H6O7/c1-5-9-7-3(4)8-10-6-2/h1-2H3. The predicted molar refractivity (Wildman–Crippen MR) is 23.8 cm³/mol. The van der Waals surface area contributed by atoms with Crippen molar-refractivity contribution >= 4 is 6.16 Å². The van der Waals surface area contributed by atoms with E-state index >= 15 is 0 Å². The molecular formula is C3H6O7. The second-order valence-electron chi connectivity index (χ2n) is 0.886. The Labute approximate surface area is 56.0 Å². The first-order valence-electron chi connectivity index (χ1n) is 2.10. The molecule has 0 spiro atoms. The lowest BCUT2D eigenvalue weighted by Gasteiger charge is -1.96. The molecule has 0 aromatic carbocycles. The Balaban J connectivity index is 3.09. The van der Waals surface area contributed by atoms with Crippen LogP contribution in [0.15, 0.2) is 0 Å². The summed E-state index contributed by atoms with van der Waals surface area (Å²) in [6, 6.07) is 0. The molecule has 0 unspecified atom stereocenters. The van der Waals surface area contributed by atoms with Gasteiger partial charge in [-0.15, -0.1) is 0 Å². The van der Waals surface area contributed by atoms with Gasteiger partial charge >= 0.3 is 6.16 Å². The lowest BCUT2D eigenvalue weighted by molar-refractivity contribution is -0.517. The SMILES string of the molecule is COOOC(=O)OOOC. The van der Waals surface area contributed by atoms with Crippen LogP contribution in [0.1, 0.15) is 0 Å². The first-order valence-corrected chi connectivity index (χ1v) is 2.10.